The standard InChI is InChI=1S/C21H20ClN5O3/c1-30-18-10-15(23)14(22)9-13(18)21(29)26-16-3-2-8-27-19(28)11-17(25-20(16)27)12-4-6-24-7-5-12/h4-7,9-11,16H,2-3,8,23H2,1H3,(H,26,29). The van der Waals surface area contributed by atoms with Gasteiger partial charge in [-0.05, 0) is 31.0 Å². The van der Waals surface area contributed by atoms with Crippen molar-refractivity contribution in [2.75, 3.05) is 12.8 Å². The summed E-state index contributed by atoms with van der Waals surface area (Å²) in [6, 6.07) is 7.64. The number of nitrogen functional groups attached to an aromatic ring is 1. The van der Waals surface area contributed by atoms with Gasteiger partial charge in [0.15, 0.2) is 0 Å². The lowest BCUT2D eigenvalue weighted by Crippen LogP contribution is -2.38. The van der Waals surface area contributed by atoms with Gasteiger partial charge in [0.05, 0.1) is 35.1 Å². The molecule has 1 aromatic carbocycles. The smallest absolute Gasteiger partial charge is 0.255 e. The maximum Gasteiger partial charge on any atom is 0.255 e. The molecule has 0 fully saturated rings. The van der Waals surface area contributed by atoms with Crippen molar-refractivity contribution in [2.24, 2.45) is 0 Å². The van der Waals surface area contributed by atoms with Crippen molar-refractivity contribution in [3.05, 3.63) is 69.5 Å². The number of benzene rings is 1. The van der Waals surface area contributed by atoms with Gasteiger partial charge in [0.1, 0.15) is 11.6 Å². The zero-order valence-electron chi connectivity index (χ0n) is 16.3. The number of nitrogens with two attached hydrogens (primary N) is 1. The van der Waals surface area contributed by atoms with Gasteiger partial charge < -0.3 is 15.8 Å². The van der Waals surface area contributed by atoms with Crippen LogP contribution in [0.1, 0.15) is 35.1 Å². The van der Waals surface area contributed by atoms with Gasteiger partial charge in [-0.25, -0.2) is 4.98 Å². The van der Waals surface area contributed by atoms with Gasteiger partial charge in [0.25, 0.3) is 11.5 Å². The topological polar surface area (TPSA) is 112 Å². The Bertz CT molecular complexity index is 1160. The average Bonchev–Trinajstić information content (AvgIpc) is 2.76. The molecule has 8 nitrogen and oxygen atoms in total. The number of fused-ring (bicyclic) bond motifs is 1. The number of halogens is 1. The third-order valence-corrected chi connectivity index (χ3v) is 5.40. The average molecular weight is 426 g/mol. The molecule has 3 aromatic rings. The molecule has 1 aliphatic heterocycles. The Kier molecular flexibility index (Phi) is 5.41. The minimum Gasteiger partial charge on any atom is -0.496 e. The van der Waals surface area contributed by atoms with Gasteiger partial charge in [-0.1, -0.05) is 11.6 Å². The number of rotatable bonds is 4. The van der Waals surface area contributed by atoms with E-state index in [2.05, 4.69) is 15.3 Å². The van der Waals surface area contributed by atoms with Gasteiger partial charge in [0, 0.05) is 36.6 Å². The second-order valence-corrected chi connectivity index (χ2v) is 7.37. The maximum atomic E-state index is 13.0. The molecule has 0 spiro atoms. The number of methoxy groups -OCH3 is 1. The van der Waals surface area contributed by atoms with Crippen LogP contribution in [0.2, 0.25) is 5.02 Å². The Labute approximate surface area is 177 Å². The monoisotopic (exact) mass is 425 g/mol. The maximum absolute atomic E-state index is 13.0. The molecule has 1 amide bonds. The Morgan fingerprint density at radius 1 is 1.30 bits per heavy atom. The molecule has 2 aromatic heterocycles. The van der Waals surface area contributed by atoms with E-state index >= 15 is 0 Å². The quantitative estimate of drug-likeness (QED) is 0.621. The van der Waals surface area contributed by atoms with Crippen molar-refractivity contribution >= 4 is 23.2 Å². The number of carbonyl (C=O) groups excluding carboxylic acids is 1. The summed E-state index contributed by atoms with van der Waals surface area (Å²) in [5.74, 6) is 0.464. The van der Waals surface area contributed by atoms with Crippen molar-refractivity contribution in [1.29, 1.82) is 0 Å². The number of carbonyl (C=O) groups is 1. The summed E-state index contributed by atoms with van der Waals surface area (Å²) < 4.78 is 6.88. The highest BCUT2D eigenvalue weighted by atomic mass is 35.5. The highest BCUT2D eigenvalue weighted by Gasteiger charge is 2.27. The second kappa shape index (κ2) is 8.16. The van der Waals surface area contributed by atoms with Crippen molar-refractivity contribution in [3.8, 4) is 17.0 Å². The Hall–Kier alpha value is -3.39. The van der Waals surface area contributed by atoms with E-state index in [1.54, 1.807) is 29.1 Å². The van der Waals surface area contributed by atoms with Crippen molar-refractivity contribution < 1.29 is 9.53 Å². The number of pyridine rings is 1. The minimum atomic E-state index is -0.429. The zero-order valence-corrected chi connectivity index (χ0v) is 17.0. The van der Waals surface area contributed by atoms with Crippen LogP contribution in [-0.4, -0.2) is 27.6 Å². The summed E-state index contributed by atoms with van der Waals surface area (Å²) in [7, 11) is 1.46. The molecule has 1 unspecified atom stereocenters. The number of anilines is 1. The number of hydrogen-bond acceptors (Lipinski definition) is 6. The minimum absolute atomic E-state index is 0.154. The van der Waals surface area contributed by atoms with Gasteiger partial charge in [-0.3, -0.25) is 19.1 Å². The fourth-order valence-electron chi connectivity index (χ4n) is 3.56. The van der Waals surface area contributed by atoms with Crippen LogP contribution >= 0.6 is 11.6 Å². The highest BCUT2D eigenvalue weighted by molar-refractivity contribution is 6.33. The lowest BCUT2D eigenvalue weighted by atomic mass is 10.0. The molecule has 0 saturated carbocycles. The molecular formula is C21H20ClN5O3. The van der Waals surface area contributed by atoms with E-state index in [0.717, 1.165) is 12.0 Å². The molecule has 1 aliphatic rings. The fraction of sp³-hybridized carbons (Fsp3) is 0.238. The molecule has 0 aliphatic carbocycles. The largest absolute Gasteiger partial charge is 0.496 e. The van der Waals surface area contributed by atoms with Crippen LogP contribution in [0.15, 0.2) is 47.5 Å². The van der Waals surface area contributed by atoms with E-state index in [0.29, 0.717) is 35.9 Å². The molecule has 0 radical (unpaired) electrons. The van der Waals surface area contributed by atoms with E-state index in [1.807, 2.05) is 0 Å². The number of hydrogen-bond donors (Lipinski definition) is 2. The predicted octanol–water partition coefficient (Wildman–Crippen LogP) is 2.81. The number of nitrogens with zero attached hydrogens (tertiary/aromatic N) is 3. The first-order valence-corrected chi connectivity index (χ1v) is 9.81. The van der Waals surface area contributed by atoms with Crippen LogP contribution in [0, 0.1) is 0 Å². The first kappa shape index (κ1) is 19.9. The molecule has 0 bridgehead atoms. The highest BCUT2D eigenvalue weighted by Crippen LogP contribution is 2.30. The van der Waals surface area contributed by atoms with E-state index < -0.39 is 6.04 Å². The zero-order chi connectivity index (χ0) is 21.3. The summed E-state index contributed by atoms with van der Waals surface area (Å²) in [5.41, 5.74) is 7.57. The molecular weight excluding hydrogens is 406 g/mol. The lowest BCUT2D eigenvalue weighted by molar-refractivity contribution is 0.0924. The molecule has 9 heteroatoms. The molecule has 0 saturated heterocycles. The second-order valence-electron chi connectivity index (χ2n) is 6.97. The van der Waals surface area contributed by atoms with Gasteiger partial charge in [-0.2, -0.15) is 0 Å². The summed E-state index contributed by atoms with van der Waals surface area (Å²) in [6.45, 7) is 0.557. The molecule has 30 heavy (non-hydrogen) atoms. The van der Waals surface area contributed by atoms with Crippen molar-refractivity contribution in [2.45, 2.75) is 25.4 Å². The van der Waals surface area contributed by atoms with Crippen LogP contribution in [0.3, 0.4) is 0 Å². The van der Waals surface area contributed by atoms with Gasteiger partial charge in [-0.15, -0.1) is 0 Å². The van der Waals surface area contributed by atoms with E-state index in [4.69, 9.17) is 22.1 Å². The number of ether oxygens (including phenoxy) is 1. The third-order valence-electron chi connectivity index (χ3n) is 5.07. The summed E-state index contributed by atoms with van der Waals surface area (Å²) in [5, 5.41) is 3.23. The molecule has 154 valence electrons. The molecule has 1 atom stereocenters. The van der Waals surface area contributed by atoms with Crippen LogP contribution < -0.4 is 21.3 Å². The summed E-state index contributed by atoms with van der Waals surface area (Å²) in [4.78, 5) is 34.4. The third kappa shape index (κ3) is 3.73. The van der Waals surface area contributed by atoms with Crippen LogP contribution in [-0.2, 0) is 6.54 Å². The van der Waals surface area contributed by atoms with E-state index in [-0.39, 0.29) is 22.1 Å². The van der Waals surface area contributed by atoms with E-state index in [1.165, 1.54) is 25.3 Å². The Morgan fingerprint density at radius 3 is 2.80 bits per heavy atom. The molecule has 3 N–H and O–H groups in total. The normalized spacial score (nSPS) is 15.3. The fourth-order valence-corrected chi connectivity index (χ4v) is 3.72. The first-order valence-electron chi connectivity index (χ1n) is 9.44. The summed E-state index contributed by atoms with van der Waals surface area (Å²) in [6.07, 6.45) is 4.69. The Balaban J connectivity index is 1.70. The molecule has 4 rings (SSSR count). The molecule has 3 heterocycles. The van der Waals surface area contributed by atoms with Crippen LogP contribution in [0.5, 0.6) is 5.75 Å². The van der Waals surface area contributed by atoms with Crippen molar-refractivity contribution in [3.63, 3.8) is 0 Å². The number of aromatic nitrogens is 3. The van der Waals surface area contributed by atoms with Crippen LogP contribution in [0.25, 0.3) is 11.3 Å². The number of nitrogens with one attached hydrogen (secondary N) is 1. The number of amides is 1. The van der Waals surface area contributed by atoms with Crippen molar-refractivity contribution in [1.82, 2.24) is 19.9 Å². The van der Waals surface area contributed by atoms with Crippen LogP contribution in [0.4, 0.5) is 5.69 Å². The first-order chi connectivity index (χ1) is 14.5. The summed E-state index contributed by atoms with van der Waals surface area (Å²) >= 11 is 6.10. The predicted molar refractivity (Wildman–Crippen MR) is 114 cm³/mol. The van der Waals surface area contributed by atoms with E-state index in [9.17, 15) is 9.59 Å². The Morgan fingerprint density at radius 2 is 2.07 bits per heavy atom. The lowest BCUT2D eigenvalue weighted by Gasteiger charge is -2.27. The van der Waals surface area contributed by atoms with Gasteiger partial charge >= 0.3 is 0 Å². The van der Waals surface area contributed by atoms with Gasteiger partial charge in [0.2, 0.25) is 0 Å². The SMILES string of the molecule is COc1cc(N)c(Cl)cc1C(=O)NC1CCCn2c1nc(-c1ccncc1)cc2=O.